The monoisotopic (exact) mass is 406 g/mol. The fourth-order valence-electron chi connectivity index (χ4n) is 2.22. The van der Waals surface area contributed by atoms with Crippen molar-refractivity contribution in [1.82, 2.24) is 15.0 Å². The summed E-state index contributed by atoms with van der Waals surface area (Å²) < 4.78 is 26.4. The number of sulfonamides is 1. The molecule has 0 aliphatic heterocycles. The summed E-state index contributed by atoms with van der Waals surface area (Å²) in [6.07, 6.45) is 2.82. The Hall–Kier alpha value is -2.42. The van der Waals surface area contributed by atoms with Gasteiger partial charge in [0.05, 0.1) is 27.6 Å². The number of rotatable bonds is 5. The topological polar surface area (TPSA) is 135 Å². The quantitative estimate of drug-likeness (QED) is 0.488. The summed E-state index contributed by atoms with van der Waals surface area (Å²) in [7, 11) is -3.37. The van der Waals surface area contributed by atoms with Crippen LogP contribution in [0.15, 0.2) is 28.9 Å². The molecule has 1 unspecified atom stereocenters. The molecule has 0 amide bonds. The van der Waals surface area contributed by atoms with E-state index >= 15 is 0 Å². The van der Waals surface area contributed by atoms with Gasteiger partial charge in [-0.05, 0) is 13.0 Å². The first-order chi connectivity index (χ1) is 12.2. The number of anilines is 2. The van der Waals surface area contributed by atoms with E-state index in [1.807, 2.05) is 19.1 Å². The van der Waals surface area contributed by atoms with Crippen molar-refractivity contribution in [3.63, 3.8) is 0 Å². The maximum atomic E-state index is 11.5. The van der Waals surface area contributed by atoms with Gasteiger partial charge in [0.25, 0.3) is 0 Å². The standard InChI is InChI=1S/C15H14N6O2S3/c1-8(25-15-19-9(5-16)3-14(17)20-15)11-4-10-12(21-26(2,22)23)7-24-13(10)6-18-11/h3-4,6-8,21H,1-2H3,(H2,17,19,20). The van der Waals surface area contributed by atoms with Crippen LogP contribution in [0.5, 0.6) is 0 Å². The van der Waals surface area contributed by atoms with Gasteiger partial charge in [-0.15, -0.1) is 11.3 Å². The number of nitriles is 1. The van der Waals surface area contributed by atoms with Gasteiger partial charge in [0, 0.05) is 23.0 Å². The van der Waals surface area contributed by atoms with Crippen LogP contribution in [0.3, 0.4) is 0 Å². The number of pyridine rings is 1. The minimum Gasteiger partial charge on any atom is -0.384 e. The smallest absolute Gasteiger partial charge is 0.229 e. The van der Waals surface area contributed by atoms with E-state index in [0.29, 0.717) is 10.8 Å². The molecule has 11 heteroatoms. The SMILES string of the molecule is CC(Sc1nc(N)cc(C#N)n1)c1cc2c(NS(C)(=O)=O)csc2cn1. The molecular formula is C15H14N6O2S3. The summed E-state index contributed by atoms with van der Waals surface area (Å²) >= 11 is 2.73. The second-order valence-corrected chi connectivity index (χ2v) is 9.43. The van der Waals surface area contributed by atoms with Gasteiger partial charge < -0.3 is 5.73 Å². The zero-order chi connectivity index (χ0) is 18.9. The van der Waals surface area contributed by atoms with Crippen molar-refractivity contribution in [1.29, 1.82) is 5.26 Å². The van der Waals surface area contributed by atoms with E-state index in [9.17, 15) is 8.42 Å². The number of hydrogen-bond donors (Lipinski definition) is 2. The molecule has 134 valence electrons. The number of nitrogen functional groups attached to an aromatic ring is 1. The number of thioether (sulfide) groups is 1. The number of thiophene rings is 1. The third-order valence-corrected chi connectivity index (χ3v) is 5.83. The Morgan fingerprint density at radius 3 is 2.85 bits per heavy atom. The molecule has 3 aromatic heterocycles. The van der Waals surface area contributed by atoms with E-state index in [0.717, 1.165) is 22.0 Å². The van der Waals surface area contributed by atoms with Gasteiger partial charge in [0.2, 0.25) is 10.0 Å². The zero-order valence-electron chi connectivity index (χ0n) is 13.8. The summed E-state index contributed by atoms with van der Waals surface area (Å²) in [5, 5.41) is 11.8. The second-order valence-electron chi connectivity index (χ2n) is 5.46. The van der Waals surface area contributed by atoms with Gasteiger partial charge in [0.15, 0.2) is 5.16 Å². The molecule has 0 radical (unpaired) electrons. The lowest BCUT2D eigenvalue weighted by atomic mass is 10.2. The molecule has 1 atom stereocenters. The number of fused-ring (bicyclic) bond motifs is 1. The Morgan fingerprint density at radius 2 is 2.15 bits per heavy atom. The van der Waals surface area contributed by atoms with Crippen LogP contribution in [0.4, 0.5) is 11.5 Å². The minimum atomic E-state index is -3.37. The zero-order valence-corrected chi connectivity index (χ0v) is 16.2. The molecule has 0 aliphatic carbocycles. The Balaban J connectivity index is 1.91. The predicted octanol–water partition coefficient (Wildman–Crippen LogP) is 2.76. The van der Waals surface area contributed by atoms with Gasteiger partial charge in [0.1, 0.15) is 17.6 Å². The van der Waals surface area contributed by atoms with Crippen molar-refractivity contribution in [3.8, 4) is 6.07 Å². The highest BCUT2D eigenvalue weighted by Crippen LogP contribution is 2.36. The highest BCUT2D eigenvalue weighted by molar-refractivity contribution is 7.99. The minimum absolute atomic E-state index is 0.126. The molecule has 0 fully saturated rings. The van der Waals surface area contributed by atoms with E-state index in [2.05, 4.69) is 19.7 Å². The number of hydrogen-bond acceptors (Lipinski definition) is 9. The Bertz CT molecular complexity index is 1120. The molecule has 0 bridgehead atoms. The van der Waals surface area contributed by atoms with Gasteiger partial charge in [-0.2, -0.15) is 5.26 Å². The lowest BCUT2D eigenvalue weighted by molar-refractivity contribution is 0.607. The maximum Gasteiger partial charge on any atom is 0.229 e. The number of nitrogens with two attached hydrogens (primary N) is 1. The average Bonchev–Trinajstić information content (AvgIpc) is 2.94. The van der Waals surface area contributed by atoms with Crippen LogP contribution in [0.25, 0.3) is 10.1 Å². The average molecular weight is 407 g/mol. The van der Waals surface area contributed by atoms with E-state index in [-0.39, 0.29) is 16.8 Å². The van der Waals surface area contributed by atoms with Crippen molar-refractivity contribution in [2.24, 2.45) is 0 Å². The summed E-state index contributed by atoms with van der Waals surface area (Å²) in [6.45, 7) is 1.92. The third-order valence-electron chi connectivity index (χ3n) is 3.32. The van der Waals surface area contributed by atoms with Crippen molar-refractivity contribution in [3.05, 3.63) is 35.1 Å². The fraction of sp³-hybridized carbons (Fsp3) is 0.200. The van der Waals surface area contributed by atoms with E-state index in [1.54, 1.807) is 11.6 Å². The van der Waals surface area contributed by atoms with Gasteiger partial charge in [-0.3, -0.25) is 9.71 Å². The third kappa shape index (κ3) is 4.21. The van der Waals surface area contributed by atoms with Crippen LogP contribution in [0, 0.1) is 11.3 Å². The van der Waals surface area contributed by atoms with E-state index < -0.39 is 10.0 Å². The number of nitrogens with one attached hydrogen (secondary N) is 1. The van der Waals surface area contributed by atoms with Crippen LogP contribution < -0.4 is 10.5 Å². The lowest BCUT2D eigenvalue weighted by Crippen LogP contribution is -2.09. The molecule has 3 N–H and O–H groups in total. The molecule has 0 saturated heterocycles. The number of nitrogens with zero attached hydrogens (tertiary/aromatic N) is 4. The summed E-state index contributed by atoms with van der Waals surface area (Å²) in [6, 6.07) is 5.20. The number of aromatic nitrogens is 3. The lowest BCUT2D eigenvalue weighted by Gasteiger charge is -2.11. The van der Waals surface area contributed by atoms with Crippen LogP contribution in [0.2, 0.25) is 0 Å². The maximum absolute atomic E-state index is 11.5. The Kier molecular flexibility index (Phi) is 4.99. The van der Waals surface area contributed by atoms with Crippen molar-refractivity contribution in [2.75, 3.05) is 16.7 Å². The normalized spacial score (nSPS) is 12.7. The van der Waals surface area contributed by atoms with Crippen LogP contribution in [0.1, 0.15) is 23.6 Å². The predicted molar refractivity (Wildman–Crippen MR) is 104 cm³/mol. The van der Waals surface area contributed by atoms with Crippen molar-refractivity contribution >= 4 is 54.7 Å². The van der Waals surface area contributed by atoms with E-state index in [1.165, 1.54) is 29.2 Å². The van der Waals surface area contributed by atoms with Gasteiger partial charge in [-0.1, -0.05) is 11.8 Å². The van der Waals surface area contributed by atoms with E-state index in [4.69, 9.17) is 11.0 Å². The largest absolute Gasteiger partial charge is 0.384 e. The first kappa shape index (κ1) is 18.4. The molecule has 3 aromatic rings. The summed E-state index contributed by atoms with van der Waals surface area (Å²) in [5.74, 6) is 0.229. The molecule has 0 aromatic carbocycles. The van der Waals surface area contributed by atoms with Crippen molar-refractivity contribution in [2.45, 2.75) is 17.3 Å². The first-order valence-corrected chi connectivity index (χ1v) is 11.0. The van der Waals surface area contributed by atoms with Crippen LogP contribution >= 0.6 is 23.1 Å². The molecule has 0 aliphatic rings. The second kappa shape index (κ2) is 7.06. The first-order valence-electron chi connectivity index (χ1n) is 7.31. The highest BCUT2D eigenvalue weighted by atomic mass is 32.2. The van der Waals surface area contributed by atoms with Crippen LogP contribution in [-0.4, -0.2) is 29.6 Å². The van der Waals surface area contributed by atoms with Crippen molar-refractivity contribution < 1.29 is 8.42 Å². The summed E-state index contributed by atoms with van der Waals surface area (Å²) in [4.78, 5) is 12.7. The molecule has 0 saturated carbocycles. The molecule has 26 heavy (non-hydrogen) atoms. The molecule has 3 rings (SSSR count). The Labute approximate surface area is 158 Å². The van der Waals surface area contributed by atoms with Gasteiger partial charge in [-0.25, -0.2) is 18.4 Å². The van der Waals surface area contributed by atoms with Crippen LogP contribution in [-0.2, 0) is 10.0 Å². The summed E-state index contributed by atoms with van der Waals surface area (Å²) in [5.41, 5.74) is 7.16. The highest BCUT2D eigenvalue weighted by Gasteiger charge is 2.15. The fourth-order valence-corrected chi connectivity index (χ4v) is 4.58. The molecule has 8 nitrogen and oxygen atoms in total. The molecular weight excluding hydrogens is 392 g/mol. The molecule has 0 spiro atoms. The molecule has 3 heterocycles. The van der Waals surface area contributed by atoms with Gasteiger partial charge >= 0.3 is 0 Å². The Morgan fingerprint density at radius 1 is 1.38 bits per heavy atom.